The van der Waals surface area contributed by atoms with Crippen LogP contribution in [0.5, 0.6) is 5.75 Å². The Balaban J connectivity index is 1.76. The molecule has 132 valence electrons. The van der Waals surface area contributed by atoms with Crippen molar-refractivity contribution in [3.63, 3.8) is 0 Å². The van der Waals surface area contributed by atoms with Gasteiger partial charge in [0.2, 0.25) is 0 Å². The molecule has 3 aromatic rings. The first-order valence-corrected chi connectivity index (χ1v) is 8.93. The molecule has 0 saturated carbocycles. The van der Waals surface area contributed by atoms with Crippen LogP contribution in [0.1, 0.15) is 22.2 Å². The van der Waals surface area contributed by atoms with Crippen molar-refractivity contribution in [2.45, 2.75) is 6.92 Å². The van der Waals surface area contributed by atoms with Crippen LogP contribution in [0.4, 0.5) is 5.69 Å². The standard InChI is InChI=1S/C19H16ClN3O2S/c1-11(12-4-8-15(24)9-5-12)22-23-19(25)18-16(21)10-17(26-18)13-2-6-14(20)7-3-13/h2-10,24H,21H2,1H3,(H,23,25)/b22-11+. The second-order valence-corrected chi connectivity index (χ2v) is 7.08. The number of nitrogens with zero attached hydrogens (tertiary/aromatic N) is 1. The van der Waals surface area contributed by atoms with Crippen LogP contribution < -0.4 is 11.2 Å². The van der Waals surface area contributed by atoms with Gasteiger partial charge >= 0.3 is 0 Å². The maximum atomic E-state index is 12.4. The van der Waals surface area contributed by atoms with Crippen molar-refractivity contribution in [2.24, 2.45) is 5.10 Å². The summed E-state index contributed by atoms with van der Waals surface area (Å²) in [6.45, 7) is 1.77. The summed E-state index contributed by atoms with van der Waals surface area (Å²) in [6, 6.07) is 15.7. The summed E-state index contributed by atoms with van der Waals surface area (Å²) in [6.07, 6.45) is 0. The lowest BCUT2D eigenvalue weighted by atomic mass is 10.1. The molecule has 0 aliphatic heterocycles. The van der Waals surface area contributed by atoms with E-state index in [-0.39, 0.29) is 11.7 Å². The minimum Gasteiger partial charge on any atom is -0.508 e. The number of nitrogens with one attached hydrogen (secondary N) is 1. The average Bonchev–Trinajstić information content (AvgIpc) is 3.02. The van der Waals surface area contributed by atoms with Gasteiger partial charge in [-0.3, -0.25) is 4.79 Å². The van der Waals surface area contributed by atoms with Gasteiger partial charge in [-0.15, -0.1) is 11.3 Å². The number of phenols is 1. The van der Waals surface area contributed by atoms with E-state index in [0.29, 0.717) is 21.3 Å². The number of halogens is 1. The number of phenolic OH excluding ortho intramolecular Hbond substituents is 1. The minimum atomic E-state index is -0.370. The highest BCUT2D eigenvalue weighted by Crippen LogP contribution is 2.33. The zero-order chi connectivity index (χ0) is 18.7. The summed E-state index contributed by atoms with van der Waals surface area (Å²) >= 11 is 7.20. The number of hydrazone groups is 1. The molecule has 0 atom stereocenters. The monoisotopic (exact) mass is 385 g/mol. The Morgan fingerprint density at radius 1 is 1.15 bits per heavy atom. The summed E-state index contributed by atoms with van der Waals surface area (Å²) in [7, 11) is 0. The molecule has 0 fully saturated rings. The Morgan fingerprint density at radius 2 is 1.81 bits per heavy atom. The number of thiophene rings is 1. The fourth-order valence-corrected chi connectivity index (χ4v) is 3.39. The maximum absolute atomic E-state index is 12.4. The van der Waals surface area contributed by atoms with Gasteiger partial charge in [0.05, 0.1) is 11.4 Å². The molecule has 4 N–H and O–H groups in total. The lowest BCUT2D eigenvalue weighted by Gasteiger charge is -2.03. The number of nitrogens with two attached hydrogens (primary N) is 1. The van der Waals surface area contributed by atoms with E-state index in [1.807, 2.05) is 12.1 Å². The molecular weight excluding hydrogens is 370 g/mol. The molecule has 0 aliphatic rings. The molecule has 1 aromatic heterocycles. The molecule has 5 nitrogen and oxygen atoms in total. The molecule has 0 saturated heterocycles. The van der Waals surface area contributed by atoms with Crippen molar-refractivity contribution in [2.75, 3.05) is 5.73 Å². The number of hydrogen-bond donors (Lipinski definition) is 3. The summed E-state index contributed by atoms with van der Waals surface area (Å²) in [5, 5.41) is 14.1. The summed E-state index contributed by atoms with van der Waals surface area (Å²) < 4.78 is 0. The van der Waals surface area contributed by atoms with E-state index in [1.165, 1.54) is 11.3 Å². The van der Waals surface area contributed by atoms with Gasteiger partial charge < -0.3 is 10.8 Å². The molecule has 2 aromatic carbocycles. The van der Waals surface area contributed by atoms with Gasteiger partial charge in [0.25, 0.3) is 5.91 Å². The number of carbonyl (C=O) groups excluding carboxylic acids is 1. The molecule has 0 spiro atoms. The van der Waals surface area contributed by atoms with E-state index in [9.17, 15) is 9.90 Å². The average molecular weight is 386 g/mol. The molecule has 1 amide bonds. The third-order valence-corrected chi connectivity index (χ3v) is 5.16. The maximum Gasteiger partial charge on any atom is 0.283 e. The molecule has 0 bridgehead atoms. The van der Waals surface area contributed by atoms with Gasteiger partial charge in [-0.25, -0.2) is 5.43 Å². The largest absolute Gasteiger partial charge is 0.508 e. The van der Waals surface area contributed by atoms with Crippen LogP contribution in [-0.4, -0.2) is 16.7 Å². The number of amides is 1. The van der Waals surface area contributed by atoms with E-state index in [2.05, 4.69) is 10.5 Å². The third kappa shape index (κ3) is 4.04. The molecule has 26 heavy (non-hydrogen) atoms. The highest BCUT2D eigenvalue weighted by molar-refractivity contribution is 7.18. The molecule has 3 rings (SSSR count). The third-order valence-electron chi connectivity index (χ3n) is 3.71. The Bertz CT molecular complexity index is 963. The summed E-state index contributed by atoms with van der Waals surface area (Å²) in [4.78, 5) is 13.7. The van der Waals surface area contributed by atoms with Crippen LogP contribution >= 0.6 is 22.9 Å². The van der Waals surface area contributed by atoms with Crippen molar-refractivity contribution < 1.29 is 9.90 Å². The number of nitrogen functional groups attached to an aromatic ring is 1. The van der Waals surface area contributed by atoms with Crippen molar-refractivity contribution >= 4 is 40.2 Å². The highest BCUT2D eigenvalue weighted by Gasteiger charge is 2.15. The van der Waals surface area contributed by atoms with Gasteiger partial charge in [-0.1, -0.05) is 23.7 Å². The Hall–Kier alpha value is -2.83. The molecule has 1 heterocycles. The number of aromatic hydroxyl groups is 1. The normalized spacial score (nSPS) is 11.4. The lowest BCUT2D eigenvalue weighted by molar-refractivity contribution is 0.0959. The molecule has 0 radical (unpaired) electrons. The van der Waals surface area contributed by atoms with Crippen LogP contribution in [0.15, 0.2) is 59.7 Å². The van der Waals surface area contributed by atoms with E-state index < -0.39 is 0 Å². The van der Waals surface area contributed by atoms with E-state index >= 15 is 0 Å². The lowest BCUT2D eigenvalue weighted by Crippen LogP contribution is -2.19. The number of hydrogen-bond acceptors (Lipinski definition) is 5. The smallest absolute Gasteiger partial charge is 0.283 e. The van der Waals surface area contributed by atoms with Gasteiger partial charge in [0.1, 0.15) is 10.6 Å². The predicted molar refractivity (Wildman–Crippen MR) is 107 cm³/mol. The van der Waals surface area contributed by atoms with Crippen molar-refractivity contribution in [1.82, 2.24) is 5.43 Å². The fraction of sp³-hybridized carbons (Fsp3) is 0.0526. The Labute approximate surface area is 159 Å². The fourth-order valence-electron chi connectivity index (χ4n) is 2.29. The number of benzene rings is 2. The van der Waals surface area contributed by atoms with Crippen LogP contribution in [0.25, 0.3) is 10.4 Å². The van der Waals surface area contributed by atoms with Crippen molar-refractivity contribution in [3.8, 4) is 16.2 Å². The zero-order valence-electron chi connectivity index (χ0n) is 13.9. The van der Waals surface area contributed by atoms with Crippen LogP contribution in [0.2, 0.25) is 5.02 Å². The van der Waals surface area contributed by atoms with Gasteiger partial charge in [0.15, 0.2) is 0 Å². The first-order valence-electron chi connectivity index (χ1n) is 7.73. The quantitative estimate of drug-likeness (QED) is 0.456. The Kier molecular flexibility index (Phi) is 5.25. The first-order chi connectivity index (χ1) is 12.4. The predicted octanol–water partition coefficient (Wildman–Crippen LogP) is 4.51. The minimum absolute atomic E-state index is 0.173. The number of carbonyl (C=O) groups is 1. The van der Waals surface area contributed by atoms with Gasteiger partial charge in [-0.05, 0) is 60.5 Å². The van der Waals surface area contributed by atoms with Crippen LogP contribution in [-0.2, 0) is 0 Å². The van der Waals surface area contributed by atoms with Gasteiger partial charge in [0, 0.05) is 9.90 Å². The second-order valence-electron chi connectivity index (χ2n) is 5.59. The van der Waals surface area contributed by atoms with Crippen LogP contribution in [0.3, 0.4) is 0 Å². The van der Waals surface area contributed by atoms with Gasteiger partial charge in [-0.2, -0.15) is 5.10 Å². The van der Waals surface area contributed by atoms with E-state index in [1.54, 1.807) is 49.4 Å². The zero-order valence-corrected chi connectivity index (χ0v) is 15.4. The molecule has 0 unspecified atom stereocenters. The topological polar surface area (TPSA) is 87.7 Å². The summed E-state index contributed by atoms with van der Waals surface area (Å²) in [5.41, 5.74) is 11.3. The van der Waals surface area contributed by atoms with E-state index in [0.717, 1.165) is 16.0 Å². The number of anilines is 1. The molecule has 7 heteroatoms. The highest BCUT2D eigenvalue weighted by atomic mass is 35.5. The first kappa shape index (κ1) is 18.0. The van der Waals surface area contributed by atoms with Crippen molar-refractivity contribution in [1.29, 1.82) is 0 Å². The van der Waals surface area contributed by atoms with E-state index in [4.69, 9.17) is 17.3 Å². The SMILES string of the molecule is C/C(=N\NC(=O)c1sc(-c2ccc(Cl)cc2)cc1N)c1ccc(O)cc1. The molecular formula is C19H16ClN3O2S. The van der Waals surface area contributed by atoms with Crippen LogP contribution in [0, 0.1) is 0 Å². The second kappa shape index (κ2) is 7.59. The Morgan fingerprint density at radius 3 is 2.46 bits per heavy atom. The van der Waals surface area contributed by atoms with Crippen molar-refractivity contribution in [3.05, 3.63) is 70.1 Å². The summed E-state index contributed by atoms with van der Waals surface area (Å²) in [5.74, 6) is -0.197. The molecule has 0 aliphatic carbocycles. The number of rotatable bonds is 4.